The van der Waals surface area contributed by atoms with Crippen molar-refractivity contribution in [2.24, 2.45) is 0 Å². The van der Waals surface area contributed by atoms with Gasteiger partial charge in [0.05, 0.1) is 0 Å². The number of piperidine rings is 2. The number of likely N-dealkylation sites (tertiary alicyclic amines) is 1. The Balaban J connectivity index is 1.24. The predicted molar refractivity (Wildman–Crippen MR) is 119 cm³/mol. The normalized spacial score (nSPS) is 18.2. The number of hydrogen-bond acceptors (Lipinski definition) is 2. The first kappa shape index (κ1) is 18.9. The van der Waals surface area contributed by atoms with E-state index in [0.717, 1.165) is 51.0 Å². The summed E-state index contributed by atoms with van der Waals surface area (Å²) in [5, 5.41) is 1.30. The van der Waals surface area contributed by atoms with Crippen LogP contribution in [0.1, 0.15) is 53.9 Å². The molecule has 2 aromatic carbocycles. The molecule has 2 aliphatic rings. The number of nitrogens with one attached hydrogen (secondary N) is 1. The summed E-state index contributed by atoms with van der Waals surface area (Å²) in [5.41, 5.74) is 4.15. The van der Waals surface area contributed by atoms with Gasteiger partial charge in [-0.2, -0.15) is 0 Å². The Morgan fingerprint density at radius 3 is 2.47 bits per heavy atom. The summed E-state index contributed by atoms with van der Waals surface area (Å²) in [6.45, 7) is 2.32. The molecule has 2 aliphatic heterocycles. The van der Waals surface area contributed by atoms with Crippen LogP contribution in [0.15, 0.2) is 54.7 Å². The first-order valence-corrected chi connectivity index (χ1v) is 11.0. The van der Waals surface area contributed by atoms with E-state index in [1.165, 1.54) is 16.5 Å². The number of carbonyl (C=O) groups excluding carboxylic acids is 2. The highest BCUT2D eigenvalue weighted by Gasteiger charge is 2.26. The van der Waals surface area contributed by atoms with Crippen molar-refractivity contribution in [3.8, 4) is 0 Å². The van der Waals surface area contributed by atoms with Crippen LogP contribution < -0.4 is 4.90 Å². The molecule has 2 fully saturated rings. The van der Waals surface area contributed by atoms with Gasteiger partial charge in [-0.1, -0.05) is 18.2 Å². The second-order valence-electron chi connectivity index (χ2n) is 8.41. The largest absolute Gasteiger partial charge is 0.361 e. The molecule has 5 rings (SSSR count). The molecule has 154 valence electrons. The molecule has 30 heavy (non-hydrogen) atoms. The third kappa shape index (κ3) is 3.49. The molecule has 0 atom stereocenters. The monoisotopic (exact) mass is 401 g/mol. The Morgan fingerprint density at radius 1 is 0.933 bits per heavy atom. The molecule has 0 radical (unpaired) electrons. The zero-order valence-corrected chi connectivity index (χ0v) is 17.1. The average Bonchev–Trinajstić information content (AvgIpc) is 3.23. The summed E-state index contributed by atoms with van der Waals surface area (Å²) in [6.07, 6.45) is 6.72. The minimum atomic E-state index is 0.0869. The van der Waals surface area contributed by atoms with E-state index in [2.05, 4.69) is 35.4 Å². The lowest BCUT2D eigenvalue weighted by Gasteiger charge is -2.32. The molecule has 5 heteroatoms. The quantitative estimate of drug-likeness (QED) is 0.691. The van der Waals surface area contributed by atoms with Crippen molar-refractivity contribution in [1.82, 2.24) is 9.88 Å². The second-order valence-corrected chi connectivity index (χ2v) is 8.41. The summed E-state index contributed by atoms with van der Waals surface area (Å²) >= 11 is 0. The molecule has 0 aliphatic carbocycles. The third-order valence-electron chi connectivity index (χ3n) is 6.59. The Bertz CT molecular complexity index is 1060. The molecular weight excluding hydrogens is 374 g/mol. The van der Waals surface area contributed by atoms with E-state index in [1.807, 2.05) is 34.1 Å². The number of para-hydroxylation sites is 1. The van der Waals surface area contributed by atoms with Gasteiger partial charge in [-0.15, -0.1) is 0 Å². The van der Waals surface area contributed by atoms with Crippen LogP contribution in [-0.4, -0.2) is 41.3 Å². The standard InChI is InChI=1S/C25H27N3O2/c29-24-7-3-4-14-28(24)20-10-8-19(9-11-20)25(30)27-15-12-18(13-16-27)22-17-26-23-6-2-1-5-21(22)23/h1-2,5-6,8-11,17-18,26H,3-4,7,12-16H2. The van der Waals surface area contributed by atoms with Gasteiger partial charge >= 0.3 is 0 Å². The Morgan fingerprint density at radius 2 is 1.70 bits per heavy atom. The molecule has 0 spiro atoms. The van der Waals surface area contributed by atoms with Crippen molar-refractivity contribution in [2.75, 3.05) is 24.5 Å². The van der Waals surface area contributed by atoms with Gasteiger partial charge in [0.25, 0.3) is 5.91 Å². The summed E-state index contributed by atoms with van der Waals surface area (Å²) < 4.78 is 0. The molecule has 5 nitrogen and oxygen atoms in total. The fourth-order valence-electron chi connectivity index (χ4n) is 4.87. The predicted octanol–water partition coefficient (Wildman–Crippen LogP) is 4.70. The molecule has 0 saturated carbocycles. The van der Waals surface area contributed by atoms with Crippen molar-refractivity contribution >= 4 is 28.4 Å². The number of anilines is 1. The zero-order valence-electron chi connectivity index (χ0n) is 17.1. The second kappa shape index (κ2) is 7.98. The Labute approximate surface area is 176 Å². The first-order chi connectivity index (χ1) is 14.7. The number of aromatic nitrogens is 1. The summed E-state index contributed by atoms with van der Waals surface area (Å²) in [4.78, 5) is 32.3. The molecule has 3 aromatic rings. The van der Waals surface area contributed by atoms with Crippen molar-refractivity contribution in [3.05, 3.63) is 65.9 Å². The van der Waals surface area contributed by atoms with Crippen LogP contribution in [0.25, 0.3) is 10.9 Å². The van der Waals surface area contributed by atoms with Gasteiger partial charge < -0.3 is 14.8 Å². The van der Waals surface area contributed by atoms with Crippen LogP contribution in [0.5, 0.6) is 0 Å². The van der Waals surface area contributed by atoms with Crippen LogP contribution in [0, 0.1) is 0 Å². The molecule has 1 N–H and O–H groups in total. The number of H-pyrrole nitrogens is 1. The van der Waals surface area contributed by atoms with E-state index >= 15 is 0 Å². The minimum absolute atomic E-state index is 0.0869. The van der Waals surface area contributed by atoms with E-state index < -0.39 is 0 Å². The number of fused-ring (bicyclic) bond motifs is 1. The van der Waals surface area contributed by atoms with Crippen LogP contribution in [0.2, 0.25) is 0 Å². The summed E-state index contributed by atoms with van der Waals surface area (Å²) in [6, 6.07) is 16.0. The van der Waals surface area contributed by atoms with Gasteiger partial charge in [0.15, 0.2) is 0 Å². The maximum atomic E-state index is 13.0. The molecular formula is C25H27N3O2. The van der Waals surface area contributed by atoms with Gasteiger partial charge in [-0.3, -0.25) is 9.59 Å². The lowest BCUT2D eigenvalue weighted by Crippen LogP contribution is -2.38. The van der Waals surface area contributed by atoms with Crippen LogP contribution >= 0.6 is 0 Å². The number of carbonyl (C=O) groups is 2. The van der Waals surface area contributed by atoms with Gasteiger partial charge in [0.2, 0.25) is 5.91 Å². The average molecular weight is 402 g/mol. The van der Waals surface area contributed by atoms with E-state index in [-0.39, 0.29) is 11.8 Å². The van der Waals surface area contributed by atoms with Gasteiger partial charge in [-0.05, 0) is 67.5 Å². The van der Waals surface area contributed by atoms with E-state index in [4.69, 9.17) is 0 Å². The smallest absolute Gasteiger partial charge is 0.253 e. The Kier molecular flexibility index (Phi) is 5.03. The summed E-state index contributed by atoms with van der Waals surface area (Å²) in [5.74, 6) is 0.751. The molecule has 3 heterocycles. The highest BCUT2D eigenvalue weighted by Crippen LogP contribution is 2.33. The highest BCUT2D eigenvalue weighted by atomic mass is 16.2. The molecule has 0 bridgehead atoms. The number of rotatable bonds is 3. The molecule has 1 aromatic heterocycles. The fourth-order valence-corrected chi connectivity index (χ4v) is 4.87. The fraction of sp³-hybridized carbons (Fsp3) is 0.360. The van der Waals surface area contributed by atoms with Crippen LogP contribution in [-0.2, 0) is 4.79 Å². The third-order valence-corrected chi connectivity index (χ3v) is 6.59. The number of nitrogens with zero attached hydrogens (tertiary/aromatic N) is 2. The van der Waals surface area contributed by atoms with Gasteiger partial charge in [0.1, 0.15) is 0 Å². The SMILES string of the molecule is O=C(c1ccc(N2CCCCC2=O)cc1)N1CCC(c2c[nH]c3ccccc23)CC1. The first-order valence-electron chi connectivity index (χ1n) is 11.0. The van der Waals surface area contributed by atoms with Crippen molar-refractivity contribution in [1.29, 1.82) is 0 Å². The number of hydrogen-bond donors (Lipinski definition) is 1. The lowest BCUT2D eigenvalue weighted by molar-refractivity contribution is -0.119. The number of amides is 2. The van der Waals surface area contributed by atoms with E-state index in [1.54, 1.807) is 0 Å². The van der Waals surface area contributed by atoms with Crippen LogP contribution in [0.3, 0.4) is 0 Å². The van der Waals surface area contributed by atoms with E-state index in [9.17, 15) is 9.59 Å². The topological polar surface area (TPSA) is 56.4 Å². The zero-order chi connectivity index (χ0) is 20.5. The van der Waals surface area contributed by atoms with Gasteiger partial charge in [0, 0.05) is 54.4 Å². The minimum Gasteiger partial charge on any atom is -0.361 e. The maximum Gasteiger partial charge on any atom is 0.253 e. The van der Waals surface area contributed by atoms with E-state index in [0.29, 0.717) is 17.9 Å². The summed E-state index contributed by atoms with van der Waals surface area (Å²) in [7, 11) is 0. The molecule has 0 unspecified atom stereocenters. The van der Waals surface area contributed by atoms with Crippen molar-refractivity contribution in [2.45, 2.75) is 38.0 Å². The highest BCUT2D eigenvalue weighted by molar-refractivity contribution is 5.97. The Hall–Kier alpha value is -3.08. The number of benzene rings is 2. The van der Waals surface area contributed by atoms with Crippen molar-refractivity contribution in [3.63, 3.8) is 0 Å². The lowest BCUT2D eigenvalue weighted by atomic mass is 9.89. The molecule has 2 saturated heterocycles. The maximum absolute atomic E-state index is 13.0. The van der Waals surface area contributed by atoms with Gasteiger partial charge in [-0.25, -0.2) is 0 Å². The van der Waals surface area contributed by atoms with Crippen LogP contribution in [0.4, 0.5) is 5.69 Å². The number of aromatic amines is 1. The van der Waals surface area contributed by atoms with Crippen molar-refractivity contribution < 1.29 is 9.59 Å². The molecule has 2 amide bonds.